The zero-order valence-electron chi connectivity index (χ0n) is 15.6. The fraction of sp³-hybridized carbons (Fsp3) is 0.300. The number of thioether (sulfide) groups is 1. The van der Waals surface area contributed by atoms with Crippen molar-refractivity contribution in [1.29, 1.82) is 0 Å². The number of rotatable bonds is 8. The van der Waals surface area contributed by atoms with Crippen molar-refractivity contribution in [3.63, 3.8) is 0 Å². The van der Waals surface area contributed by atoms with E-state index in [-0.39, 0.29) is 22.4 Å². The molecule has 2 N–H and O–H groups in total. The van der Waals surface area contributed by atoms with Crippen LogP contribution in [0.15, 0.2) is 47.4 Å². The Bertz CT molecular complexity index is 858. The Hall–Kier alpha value is -2.19. The summed E-state index contributed by atoms with van der Waals surface area (Å²) in [5, 5.41) is 5.22. The van der Waals surface area contributed by atoms with Crippen molar-refractivity contribution in [2.75, 3.05) is 16.4 Å². The van der Waals surface area contributed by atoms with Crippen LogP contribution in [-0.4, -0.2) is 17.6 Å². The van der Waals surface area contributed by atoms with Gasteiger partial charge in [0.15, 0.2) is 0 Å². The lowest BCUT2D eigenvalue weighted by Gasteiger charge is -2.11. The van der Waals surface area contributed by atoms with Crippen molar-refractivity contribution in [1.82, 2.24) is 0 Å². The first kappa shape index (κ1) is 23.1. The van der Waals surface area contributed by atoms with Crippen LogP contribution in [0.3, 0.4) is 0 Å². The van der Waals surface area contributed by atoms with E-state index in [9.17, 15) is 22.8 Å². The van der Waals surface area contributed by atoms with Gasteiger partial charge >= 0.3 is 6.18 Å². The molecule has 0 atom stereocenters. The Morgan fingerprint density at radius 1 is 1.03 bits per heavy atom. The summed E-state index contributed by atoms with van der Waals surface area (Å²) in [5.74, 6) is -0.535. The number of carbonyl (C=O) groups excluding carboxylic acids is 2. The van der Waals surface area contributed by atoms with Gasteiger partial charge in [0, 0.05) is 17.0 Å². The molecule has 0 bridgehead atoms. The normalized spacial score (nSPS) is 11.2. The van der Waals surface area contributed by atoms with E-state index in [4.69, 9.17) is 11.6 Å². The van der Waals surface area contributed by atoms with Crippen LogP contribution < -0.4 is 10.6 Å². The van der Waals surface area contributed by atoms with Gasteiger partial charge in [-0.2, -0.15) is 13.2 Å². The van der Waals surface area contributed by atoms with Crippen molar-refractivity contribution in [3.8, 4) is 0 Å². The fourth-order valence-electron chi connectivity index (χ4n) is 2.33. The molecule has 2 aromatic rings. The summed E-state index contributed by atoms with van der Waals surface area (Å²) < 4.78 is 38.4. The third-order valence-electron chi connectivity index (χ3n) is 3.83. The number of alkyl halides is 3. The van der Waals surface area contributed by atoms with Gasteiger partial charge in [-0.05, 0) is 48.9 Å². The van der Waals surface area contributed by atoms with Gasteiger partial charge in [-0.1, -0.05) is 24.9 Å². The topological polar surface area (TPSA) is 58.2 Å². The van der Waals surface area contributed by atoms with E-state index in [0.29, 0.717) is 12.1 Å². The van der Waals surface area contributed by atoms with E-state index in [1.165, 1.54) is 11.8 Å². The summed E-state index contributed by atoms with van der Waals surface area (Å²) in [6.07, 6.45) is -2.29. The van der Waals surface area contributed by atoms with Gasteiger partial charge in [-0.25, -0.2) is 0 Å². The predicted molar refractivity (Wildman–Crippen MR) is 110 cm³/mol. The number of anilines is 2. The lowest BCUT2D eigenvalue weighted by molar-refractivity contribution is -0.137. The molecule has 0 aliphatic carbocycles. The van der Waals surface area contributed by atoms with Crippen molar-refractivity contribution < 1.29 is 22.8 Å². The van der Waals surface area contributed by atoms with Crippen LogP contribution in [0.5, 0.6) is 0 Å². The first-order chi connectivity index (χ1) is 13.7. The zero-order chi connectivity index (χ0) is 21.4. The zero-order valence-corrected chi connectivity index (χ0v) is 17.2. The summed E-state index contributed by atoms with van der Waals surface area (Å²) >= 11 is 7.09. The summed E-state index contributed by atoms with van der Waals surface area (Å²) in [6, 6.07) is 9.73. The van der Waals surface area contributed by atoms with E-state index in [2.05, 4.69) is 10.6 Å². The molecular weight excluding hydrogens is 425 g/mol. The van der Waals surface area contributed by atoms with Crippen molar-refractivity contribution in [2.45, 2.75) is 37.3 Å². The third-order valence-corrected chi connectivity index (χ3v) is 5.17. The van der Waals surface area contributed by atoms with Gasteiger partial charge < -0.3 is 10.6 Å². The third kappa shape index (κ3) is 7.62. The molecule has 0 unspecified atom stereocenters. The van der Waals surface area contributed by atoms with Crippen LogP contribution >= 0.6 is 23.4 Å². The SMILES string of the molecule is CCCCC(=O)Nc1ccc(SCC(=O)Nc2cc(C(F)(F)F)ccc2Cl)cc1. The number of hydrogen-bond acceptors (Lipinski definition) is 3. The second-order valence-electron chi connectivity index (χ2n) is 6.21. The molecule has 9 heteroatoms. The van der Waals surface area contributed by atoms with Crippen molar-refractivity contribution >= 4 is 46.6 Å². The molecule has 2 rings (SSSR count). The highest BCUT2D eigenvalue weighted by Crippen LogP contribution is 2.34. The average Bonchev–Trinajstić information content (AvgIpc) is 2.66. The number of unbranched alkanes of at least 4 members (excludes halogenated alkanes) is 1. The van der Waals surface area contributed by atoms with E-state index in [1.807, 2.05) is 6.92 Å². The monoisotopic (exact) mass is 444 g/mol. The first-order valence-electron chi connectivity index (χ1n) is 8.88. The Morgan fingerprint density at radius 3 is 2.34 bits per heavy atom. The molecule has 0 aliphatic heterocycles. The smallest absolute Gasteiger partial charge is 0.326 e. The Labute approximate surface area is 176 Å². The maximum absolute atomic E-state index is 12.8. The van der Waals surface area contributed by atoms with Crippen LogP contribution in [0, 0.1) is 0 Å². The van der Waals surface area contributed by atoms with Gasteiger partial charge in [0.2, 0.25) is 11.8 Å². The Balaban J connectivity index is 1.89. The molecule has 156 valence electrons. The van der Waals surface area contributed by atoms with Crippen LogP contribution in [0.1, 0.15) is 31.7 Å². The molecule has 0 aliphatic rings. The van der Waals surface area contributed by atoms with Gasteiger partial charge in [-0.15, -0.1) is 11.8 Å². The Morgan fingerprint density at radius 2 is 1.72 bits per heavy atom. The summed E-state index contributed by atoms with van der Waals surface area (Å²) in [5.41, 5.74) is -0.311. The molecule has 0 heterocycles. The van der Waals surface area contributed by atoms with Gasteiger partial charge in [-0.3, -0.25) is 9.59 Å². The molecule has 0 saturated carbocycles. The van der Waals surface area contributed by atoms with E-state index in [1.54, 1.807) is 24.3 Å². The lowest BCUT2D eigenvalue weighted by atomic mass is 10.2. The highest BCUT2D eigenvalue weighted by molar-refractivity contribution is 8.00. The highest BCUT2D eigenvalue weighted by Gasteiger charge is 2.31. The summed E-state index contributed by atoms with van der Waals surface area (Å²) in [7, 11) is 0. The van der Waals surface area contributed by atoms with E-state index >= 15 is 0 Å². The standard InChI is InChI=1S/C20H20ClF3N2O2S/c1-2-3-4-18(27)25-14-6-8-15(9-7-14)29-12-19(28)26-17-11-13(20(22,23)24)5-10-16(17)21/h5-11H,2-4,12H2,1H3,(H,25,27)(H,26,28). The van der Waals surface area contributed by atoms with Crippen LogP contribution in [0.2, 0.25) is 5.02 Å². The fourth-order valence-corrected chi connectivity index (χ4v) is 3.19. The molecule has 2 amide bonds. The van der Waals surface area contributed by atoms with Gasteiger partial charge in [0.05, 0.1) is 22.0 Å². The number of benzene rings is 2. The molecule has 0 radical (unpaired) electrons. The molecule has 0 fully saturated rings. The maximum Gasteiger partial charge on any atom is 0.416 e. The summed E-state index contributed by atoms with van der Waals surface area (Å²) in [4.78, 5) is 24.6. The summed E-state index contributed by atoms with van der Waals surface area (Å²) in [6.45, 7) is 2.01. The average molecular weight is 445 g/mol. The van der Waals surface area contributed by atoms with E-state index < -0.39 is 17.6 Å². The largest absolute Gasteiger partial charge is 0.416 e. The molecule has 4 nitrogen and oxygen atoms in total. The minimum absolute atomic E-state index is 0.00518. The number of amides is 2. The molecule has 0 aromatic heterocycles. The lowest BCUT2D eigenvalue weighted by Crippen LogP contribution is -2.15. The number of halogens is 4. The number of nitrogens with one attached hydrogen (secondary N) is 2. The maximum atomic E-state index is 12.8. The van der Waals surface area contributed by atoms with E-state index in [0.717, 1.165) is 35.9 Å². The van der Waals surface area contributed by atoms with Gasteiger partial charge in [0.1, 0.15) is 0 Å². The number of hydrogen-bond donors (Lipinski definition) is 2. The van der Waals surface area contributed by atoms with Crippen molar-refractivity contribution in [3.05, 3.63) is 53.1 Å². The molecule has 0 spiro atoms. The molecular formula is C20H20ClF3N2O2S. The minimum atomic E-state index is -4.52. The minimum Gasteiger partial charge on any atom is -0.326 e. The quantitative estimate of drug-likeness (QED) is 0.475. The molecule has 29 heavy (non-hydrogen) atoms. The first-order valence-corrected chi connectivity index (χ1v) is 10.2. The highest BCUT2D eigenvalue weighted by atomic mass is 35.5. The van der Waals surface area contributed by atoms with Crippen molar-refractivity contribution in [2.24, 2.45) is 0 Å². The second kappa shape index (κ2) is 10.5. The van der Waals surface area contributed by atoms with Gasteiger partial charge in [0.25, 0.3) is 0 Å². The number of carbonyl (C=O) groups is 2. The Kier molecular flexibility index (Phi) is 8.40. The predicted octanol–water partition coefficient (Wildman–Crippen LogP) is 6.22. The molecule has 2 aromatic carbocycles. The van der Waals surface area contributed by atoms with Crippen LogP contribution in [0.4, 0.5) is 24.5 Å². The second-order valence-corrected chi connectivity index (χ2v) is 7.66. The van der Waals surface area contributed by atoms with Crippen LogP contribution in [0.25, 0.3) is 0 Å². The molecule has 0 saturated heterocycles. The van der Waals surface area contributed by atoms with Crippen LogP contribution in [-0.2, 0) is 15.8 Å².